The highest BCUT2D eigenvalue weighted by Gasteiger charge is 2.28. The van der Waals surface area contributed by atoms with Crippen LogP contribution in [0.3, 0.4) is 0 Å². The molecule has 0 aromatic rings. The van der Waals surface area contributed by atoms with E-state index in [4.69, 9.17) is 17.2 Å². The number of hydrogen-bond acceptors (Lipinski definition) is 8. The molecule has 10 N–H and O–H groups in total. The number of aliphatic carboxylic acids is 1. The summed E-state index contributed by atoms with van der Waals surface area (Å²) in [5, 5.41) is 16.8. The van der Waals surface area contributed by atoms with Crippen molar-refractivity contribution in [2.75, 3.05) is 24.3 Å². The number of carboxylic acids is 1. The standard InChI is InChI=1S/C17H33N7O5S2/c1-9(22-14(26)10(18)8-30)13(25)23-11(5-7-31-2)15(27)24-12(16(28)29)4-3-6-21-17(19)20/h9-12,30H,3-8,18H2,1-2H3,(H,22,26)(H,23,25)(H,24,27)(H,28,29)(H4,19,20,21). The quantitative estimate of drug-likeness (QED) is 0.0543. The Balaban J connectivity index is 5.03. The lowest BCUT2D eigenvalue weighted by Gasteiger charge is -2.23. The number of nitrogens with one attached hydrogen (secondary N) is 3. The van der Waals surface area contributed by atoms with Crippen LogP contribution in [0, 0.1) is 0 Å². The molecular formula is C17H33N7O5S2. The number of rotatable bonds is 15. The molecule has 0 aromatic heterocycles. The molecule has 178 valence electrons. The fourth-order valence-corrected chi connectivity index (χ4v) is 2.94. The summed E-state index contributed by atoms with van der Waals surface area (Å²) in [4.78, 5) is 52.2. The minimum atomic E-state index is -1.21. The zero-order valence-electron chi connectivity index (χ0n) is 17.7. The van der Waals surface area contributed by atoms with E-state index in [1.165, 1.54) is 18.7 Å². The molecule has 0 spiro atoms. The molecule has 0 saturated heterocycles. The molecule has 0 saturated carbocycles. The summed E-state index contributed by atoms with van der Waals surface area (Å²) in [6, 6.07) is -3.96. The molecule has 0 rings (SSSR count). The number of thiol groups is 1. The minimum Gasteiger partial charge on any atom is -0.480 e. The highest BCUT2D eigenvalue weighted by Crippen LogP contribution is 2.05. The first-order valence-electron chi connectivity index (χ1n) is 9.58. The smallest absolute Gasteiger partial charge is 0.326 e. The summed E-state index contributed by atoms with van der Waals surface area (Å²) in [5.41, 5.74) is 16.0. The number of thioether (sulfide) groups is 1. The van der Waals surface area contributed by atoms with Crippen molar-refractivity contribution >= 4 is 54.0 Å². The first-order valence-corrected chi connectivity index (χ1v) is 11.6. The number of carbonyl (C=O) groups excluding carboxylic acids is 3. The second kappa shape index (κ2) is 15.6. The summed E-state index contributed by atoms with van der Waals surface area (Å²) in [6.07, 6.45) is 2.55. The first kappa shape index (κ1) is 28.8. The van der Waals surface area contributed by atoms with Crippen LogP contribution in [-0.2, 0) is 19.2 Å². The van der Waals surface area contributed by atoms with Crippen molar-refractivity contribution in [1.29, 1.82) is 0 Å². The van der Waals surface area contributed by atoms with E-state index in [0.29, 0.717) is 12.2 Å². The zero-order valence-corrected chi connectivity index (χ0v) is 19.4. The number of nitrogens with two attached hydrogens (primary N) is 3. The summed E-state index contributed by atoms with van der Waals surface area (Å²) in [7, 11) is 0. The Bertz CT molecular complexity index is 646. The first-order chi connectivity index (χ1) is 14.5. The van der Waals surface area contributed by atoms with Crippen LogP contribution in [0.5, 0.6) is 0 Å². The lowest BCUT2D eigenvalue weighted by atomic mass is 10.1. The largest absolute Gasteiger partial charge is 0.480 e. The van der Waals surface area contributed by atoms with Gasteiger partial charge >= 0.3 is 5.97 Å². The van der Waals surface area contributed by atoms with Gasteiger partial charge in [-0.25, -0.2) is 4.79 Å². The van der Waals surface area contributed by atoms with Gasteiger partial charge < -0.3 is 38.3 Å². The van der Waals surface area contributed by atoms with Crippen molar-refractivity contribution in [3.63, 3.8) is 0 Å². The molecule has 0 aliphatic carbocycles. The molecule has 0 fully saturated rings. The van der Waals surface area contributed by atoms with E-state index in [1.807, 2.05) is 6.26 Å². The van der Waals surface area contributed by atoms with Crippen LogP contribution in [-0.4, -0.2) is 83.2 Å². The molecule has 0 aromatic carbocycles. The third-order valence-corrected chi connectivity index (χ3v) is 5.13. The van der Waals surface area contributed by atoms with E-state index in [9.17, 15) is 24.3 Å². The Morgan fingerprint density at radius 2 is 1.65 bits per heavy atom. The molecule has 0 heterocycles. The van der Waals surface area contributed by atoms with Gasteiger partial charge in [-0.1, -0.05) is 0 Å². The number of hydrogen-bond donors (Lipinski definition) is 8. The Hall–Kier alpha value is -2.19. The van der Waals surface area contributed by atoms with Gasteiger partial charge in [0.15, 0.2) is 5.96 Å². The van der Waals surface area contributed by atoms with E-state index in [1.54, 1.807) is 0 Å². The Kier molecular flexibility index (Phi) is 14.5. The lowest BCUT2D eigenvalue weighted by Crippen LogP contribution is -2.56. The SMILES string of the molecule is CSCCC(NC(=O)C(C)NC(=O)C(N)CS)C(=O)NC(CCCN=C(N)N)C(=O)O. The number of nitrogens with zero attached hydrogens (tertiary/aromatic N) is 1. The van der Waals surface area contributed by atoms with Crippen molar-refractivity contribution in [2.45, 2.75) is 50.4 Å². The maximum atomic E-state index is 12.7. The monoisotopic (exact) mass is 479 g/mol. The Morgan fingerprint density at radius 3 is 2.16 bits per heavy atom. The van der Waals surface area contributed by atoms with Gasteiger partial charge in [0.2, 0.25) is 17.7 Å². The fourth-order valence-electron chi connectivity index (χ4n) is 2.30. The molecule has 3 amide bonds. The predicted molar refractivity (Wildman–Crippen MR) is 124 cm³/mol. The predicted octanol–water partition coefficient (Wildman–Crippen LogP) is -2.39. The van der Waals surface area contributed by atoms with Gasteiger partial charge in [0.1, 0.15) is 18.1 Å². The molecule has 4 atom stereocenters. The van der Waals surface area contributed by atoms with Crippen LogP contribution in [0.1, 0.15) is 26.2 Å². The van der Waals surface area contributed by atoms with Crippen molar-refractivity contribution < 1.29 is 24.3 Å². The third kappa shape index (κ3) is 12.3. The van der Waals surface area contributed by atoms with Crippen molar-refractivity contribution in [3.8, 4) is 0 Å². The van der Waals surface area contributed by atoms with Crippen LogP contribution in [0.15, 0.2) is 4.99 Å². The van der Waals surface area contributed by atoms with Crippen LogP contribution in [0.25, 0.3) is 0 Å². The number of carbonyl (C=O) groups is 4. The van der Waals surface area contributed by atoms with E-state index >= 15 is 0 Å². The third-order valence-electron chi connectivity index (χ3n) is 4.09. The second-order valence-corrected chi connectivity index (χ2v) is 8.06. The van der Waals surface area contributed by atoms with Crippen LogP contribution < -0.4 is 33.2 Å². The van der Waals surface area contributed by atoms with E-state index in [-0.39, 0.29) is 31.1 Å². The zero-order chi connectivity index (χ0) is 24.0. The fraction of sp³-hybridized carbons (Fsp3) is 0.706. The maximum Gasteiger partial charge on any atom is 0.326 e. The number of aliphatic imine (C=N–C) groups is 1. The molecular weight excluding hydrogens is 446 g/mol. The molecule has 12 nitrogen and oxygen atoms in total. The van der Waals surface area contributed by atoms with Gasteiger partial charge in [-0.05, 0) is 38.2 Å². The Morgan fingerprint density at radius 1 is 1.03 bits per heavy atom. The van der Waals surface area contributed by atoms with Gasteiger partial charge in [0.25, 0.3) is 0 Å². The average molecular weight is 480 g/mol. The summed E-state index contributed by atoms with van der Waals surface area (Å²) >= 11 is 5.39. The van der Waals surface area contributed by atoms with Crippen LogP contribution in [0.2, 0.25) is 0 Å². The second-order valence-electron chi connectivity index (χ2n) is 6.71. The van der Waals surface area contributed by atoms with Gasteiger partial charge in [0, 0.05) is 12.3 Å². The highest BCUT2D eigenvalue weighted by atomic mass is 32.2. The molecule has 4 unspecified atom stereocenters. The van der Waals surface area contributed by atoms with Crippen molar-refractivity contribution in [2.24, 2.45) is 22.2 Å². The summed E-state index contributed by atoms with van der Waals surface area (Å²) < 4.78 is 0. The number of guanidine groups is 1. The maximum absolute atomic E-state index is 12.7. The lowest BCUT2D eigenvalue weighted by molar-refractivity contribution is -0.142. The van der Waals surface area contributed by atoms with Gasteiger partial charge in [-0.2, -0.15) is 24.4 Å². The average Bonchev–Trinajstić information content (AvgIpc) is 2.71. The molecule has 31 heavy (non-hydrogen) atoms. The highest BCUT2D eigenvalue weighted by molar-refractivity contribution is 7.98. The topological polar surface area (TPSA) is 215 Å². The van der Waals surface area contributed by atoms with Gasteiger partial charge in [-0.15, -0.1) is 0 Å². The molecule has 14 heteroatoms. The summed E-state index contributed by atoms with van der Waals surface area (Å²) in [5.74, 6) is -2.44. The molecule has 0 bridgehead atoms. The molecule has 0 aliphatic heterocycles. The van der Waals surface area contributed by atoms with E-state index in [2.05, 4.69) is 33.6 Å². The van der Waals surface area contributed by atoms with E-state index < -0.39 is 47.9 Å². The normalized spacial score (nSPS) is 14.5. The molecule has 0 aliphatic rings. The van der Waals surface area contributed by atoms with Crippen LogP contribution >= 0.6 is 24.4 Å². The summed E-state index contributed by atoms with van der Waals surface area (Å²) in [6.45, 7) is 1.67. The number of amides is 3. The minimum absolute atomic E-state index is 0.104. The van der Waals surface area contributed by atoms with Crippen molar-refractivity contribution in [1.82, 2.24) is 16.0 Å². The van der Waals surface area contributed by atoms with Crippen LogP contribution in [0.4, 0.5) is 0 Å². The van der Waals surface area contributed by atoms with Crippen molar-refractivity contribution in [3.05, 3.63) is 0 Å². The molecule has 0 radical (unpaired) electrons. The van der Waals surface area contributed by atoms with E-state index in [0.717, 1.165) is 0 Å². The number of carboxylic acid groups (broad SMARTS) is 1. The Labute approximate surface area is 191 Å². The van der Waals surface area contributed by atoms with Gasteiger partial charge in [0.05, 0.1) is 6.04 Å². The van der Waals surface area contributed by atoms with Gasteiger partial charge in [-0.3, -0.25) is 19.4 Å².